The zero-order valence-electron chi connectivity index (χ0n) is 13.3. The van der Waals surface area contributed by atoms with Gasteiger partial charge in [0.15, 0.2) is 0 Å². The molecule has 1 N–H and O–H groups in total. The zero-order chi connectivity index (χ0) is 16.1. The SMILES string of the molecule is COCC(O)CN(C)C(=O)C(C)c1ccc2ccccc2c1. The summed E-state index contributed by atoms with van der Waals surface area (Å²) in [6.45, 7) is 2.39. The molecule has 2 aromatic carbocycles. The van der Waals surface area contributed by atoms with Crippen molar-refractivity contribution in [3.05, 3.63) is 48.0 Å². The number of likely N-dealkylation sites (N-methyl/N-ethyl adjacent to an activating group) is 1. The summed E-state index contributed by atoms with van der Waals surface area (Å²) in [6, 6.07) is 14.2. The van der Waals surface area contributed by atoms with Crippen LogP contribution in [0.4, 0.5) is 0 Å². The van der Waals surface area contributed by atoms with Crippen molar-refractivity contribution < 1.29 is 14.6 Å². The lowest BCUT2D eigenvalue weighted by Gasteiger charge is -2.24. The summed E-state index contributed by atoms with van der Waals surface area (Å²) in [7, 11) is 3.24. The smallest absolute Gasteiger partial charge is 0.229 e. The highest BCUT2D eigenvalue weighted by Gasteiger charge is 2.21. The molecule has 4 heteroatoms. The van der Waals surface area contributed by atoms with E-state index < -0.39 is 6.10 Å². The minimum atomic E-state index is -0.664. The average Bonchev–Trinajstić information content (AvgIpc) is 2.53. The first-order chi connectivity index (χ1) is 10.5. The predicted molar refractivity (Wildman–Crippen MR) is 87.9 cm³/mol. The summed E-state index contributed by atoms with van der Waals surface area (Å²) < 4.78 is 4.89. The van der Waals surface area contributed by atoms with Gasteiger partial charge in [-0.3, -0.25) is 4.79 Å². The Labute approximate surface area is 131 Å². The van der Waals surface area contributed by atoms with Gasteiger partial charge in [-0.1, -0.05) is 42.5 Å². The highest BCUT2D eigenvalue weighted by molar-refractivity contribution is 5.87. The Morgan fingerprint density at radius 2 is 1.91 bits per heavy atom. The lowest BCUT2D eigenvalue weighted by atomic mass is 9.96. The molecule has 0 saturated heterocycles. The van der Waals surface area contributed by atoms with Crippen LogP contribution in [0, 0.1) is 0 Å². The largest absolute Gasteiger partial charge is 0.389 e. The Bertz CT molecular complexity index is 641. The van der Waals surface area contributed by atoms with Crippen LogP contribution in [-0.4, -0.2) is 49.3 Å². The van der Waals surface area contributed by atoms with Crippen LogP contribution in [0.5, 0.6) is 0 Å². The van der Waals surface area contributed by atoms with Crippen LogP contribution in [0.3, 0.4) is 0 Å². The zero-order valence-corrected chi connectivity index (χ0v) is 13.3. The number of aliphatic hydroxyl groups is 1. The highest BCUT2D eigenvalue weighted by Crippen LogP contribution is 2.23. The minimum Gasteiger partial charge on any atom is -0.389 e. The van der Waals surface area contributed by atoms with E-state index in [-0.39, 0.29) is 25.0 Å². The standard InChI is InChI=1S/C18H23NO3/c1-13(18(21)19(2)11-17(20)12-22-3)15-9-8-14-6-4-5-7-16(14)10-15/h4-10,13,17,20H,11-12H2,1-3H3. The Balaban J connectivity index is 2.11. The molecule has 2 rings (SSSR count). The topological polar surface area (TPSA) is 49.8 Å². The summed E-state index contributed by atoms with van der Waals surface area (Å²) in [5.41, 5.74) is 0.983. The van der Waals surface area contributed by atoms with Crippen LogP contribution in [0.15, 0.2) is 42.5 Å². The molecule has 2 unspecified atom stereocenters. The van der Waals surface area contributed by atoms with Gasteiger partial charge in [0.25, 0.3) is 0 Å². The maximum atomic E-state index is 12.5. The molecule has 0 aliphatic carbocycles. The van der Waals surface area contributed by atoms with Crippen LogP contribution in [0.1, 0.15) is 18.4 Å². The first kappa shape index (κ1) is 16.5. The second-order valence-electron chi connectivity index (χ2n) is 5.66. The molecule has 118 valence electrons. The first-order valence-corrected chi connectivity index (χ1v) is 7.43. The van der Waals surface area contributed by atoms with Gasteiger partial charge in [-0.2, -0.15) is 0 Å². The molecule has 2 atom stereocenters. The number of amides is 1. The molecule has 2 aromatic rings. The van der Waals surface area contributed by atoms with Crippen molar-refractivity contribution in [2.75, 3.05) is 27.3 Å². The van der Waals surface area contributed by atoms with Crippen LogP contribution in [-0.2, 0) is 9.53 Å². The average molecular weight is 301 g/mol. The molecule has 0 saturated carbocycles. The van der Waals surface area contributed by atoms with Crippen molar-refractivity contribution in [1.29, 1.82) is 0 Å². The van der Waals surface area contributed by atoms with Gasteiger partial charge < -0.3 is 14.7 Å². The maximum absolute atomic E-state index is 12.5. The molecule has 0 radical (unpaired) electrons. The fraction of sp³-hybridized carbons (Fsp3) is 0.389. The van der Waals surface area contributed by atoms with E-state index in [1.165, 1.54) is 7.11 Å². The number of rotatable bonds is 6. The van der Waals surface area contributed by atoms with Crippen LogP contribution >= 0.6 is 0 Å². The molecule has 0 fully saturated rings. The molecule has 0 aliphatic rings. The second-order valence-corrected chi connectivity index (χ2v) is 5.66. The quantitative estimate of drug-likeness (QED) is 0.891. The third-order valence-electron chi connectivity index (χ3n) is 3.86. The van der Waals surface area contributed by atoms with Gasteiger partial charge in [-0.15, -0.1) is 0 Å². The molecule has 0 spiro atoms. The summed E-state index contributed by atoms with van der Waals surface area (Å²) in [6.07, 6.45) is -0.664. The van der Waals surface area contributed by atoms with E-state index in [4.69, 9.17) is 4.74 Å². The van der Waals surface area contributed by atoms with Crippen molar-refractivity contribution in [3.8, 4) is 0 Å². The lowest BCUT2D eigenvalue weighted by Crippen LogP contribution is -2.38. The summed E-state index contributed by atoms with van der Waals surface area (Å²) in [5, 5.41) is 12.0. The molecule has 0 bridgehead atoms. The lowest BCUT2D eigenvalue weighted by molar-refractivity contribution is -0.132. The Kier molecular flexibility index (Phi) is 5.52. The maximum Gasteiger partial charge on any atom is 0.229 e. The third kappa shape index (κ3) is 3.84. The van der Waals surface area contributed by atoms with E-state index in [0.29, 0.717) is 0 Å². The Hall–Kier alpha value is -1.91. The number of carbonyl (C=O) groups is 1. The van der Waals surface area contributed by atoms with Gasteiger partial charge in [0.2, 0.25) is 5.91 Å². The predicted octanol–water partition coefficient (Wildman–Crippen LogP) is 2.41. The van der Waals surface area contributed by atoms with E-state index >= 15 is 0 Å². The Morgan fingerprint density at radius 1 is 1.23 bits per heavy atom. The Morgan fingerprint density at radius 3 is 2.59 bits per heavy atom. The third-order valence-corrected chi connectivity index (χ3v) is 3.86. The normalized spacial score (nSPS) is 13.8. The monoisotopic (exact) mass is 301 g/mol. The second kappa shape index (κ2) is 7.38. The fourth-order valence-electron chi connectivity index (χ4n) is 2.60. The van der Waals surface area contributed by atoms with E-state index in [0.717, 1.165) is 16.3 Å². The van der Waals surface area contributed by atoms with Crippen molar-refractivity contribution in [2.24, 2.45) is 0 Å². The summed E-state index contributed by atoms with van der Waals surface area (Å²) in [5.74, 6) is -0.255. The molecule has 22 heavy (non-hydrogen) atoms. The number of carbonyl (C=O) groups excluding carboxylic acids is 1. The number of nitrogens with zero attached hydrogens (tertiary/aromatic N) is 1. The van der Waals surface area contributed by atoms with E-state index in [1.54, 1.807) is 11.9 Å². The molecular formula is C18H23NO3. The molecule has 0 aliphatic heterocycles. The summed E-state index contributed by atoms with van der Waals surface area (Å²) >= 11 is 0. The number of fused-ring (bicyclic) bond motifs is 1. The van der Waals surface area contributed by atoms with Crippen LogP contribution in [0.25, 0.3) is 10.8 Å². The number of benzene rings is 2. The van der Waals surface area contributed by atoms with Crippen molar-refractivity contribution in [3.63, 3.8) is 0 Å². The number of hydrogen-bond donors (Lipinski definition) is 1. The summed E-state index contributed by atoms with van der Waals surface area (Å²) in [4.78, 5) is 14.1. The molecule has 0 aromatic heterocycles. The minimum absolute atomic E-state index is 0.00886. The van der Waals surface area contributed by atoms with Gasteiger partial charge in [-0.25, -0.2) is 0 Å². The van der Waals surface area contributed by atoms with E-state index in [9.17, 15) is 9.90 Å². The van der Waals surface area contributed by atoms with Crippen LogP contribution in [0.2, 0.25) is 0 Å². The highest BCUT2D eigenvalue weighted by atomic mass is 16.5. The molecule has 1 amide bonds. The molecule has 4 nitrogen and oxygen atoms in total. The van der Waals surface area contributed by atoms with E-state index in [2.05, 4.69) is 12.1 Å². The number of ether oxygens (including phenoxy) is 1. The number of methoxy groups -OCH3 is 1. The van der Waals surface area contributed by atoms with Crippen LogP contribution < -0.4 is 0 Å². The van der Waals surface area contributed by atoms with Gasteiger partial charge in [0.05, 0.1) is 18.6 Å². The first-order valence-electron chi connectivity index (χ1n) is 7.43. The van der Waals surface area contributed by atoms with Gasteiger partial charge >= 0.3 is 0 Å². The fourth-order valence-corrected chi connectivity index (χ4v) is 2.60. The van der Waals surface area contributed by atoms with Crippen molar-refractivity contribution >= 4 is 16.7 Å². The van der Waals surface area contributed by atoms with Crippen molar-refractivity contribution in [1.82, 2.24) is 4.90 Å². The van der Waals surface area contributed by atoms with Gasteiger partial charge in [0, 0.05) is 20.7 Å². The van der Waals surface area contributed by atoms with Gasteiger partial charge in [-0.05, 0) is 23.3 Å². The molecular weight excluding hydrogens is 278 g/mol. The molecule has 0 heterocycles. The van der Waals surface area contributed by atoms with Crippen molar-refractivity contribution in [2.45, 2.75) is 18.9 Å². The van der Waals surface area contributed by atoms with E-state index in [1.807, 2.05) is 37.3 Å². The number of hydrogen-bond acceptors (Lipinski definition) is 3. The van der Waals surface area contributed by atoms with Gasteiger partial charge in [0.1, 0.15) is 0 Å². The number of aliphatic hydroxyl groups excluding tert-OH is 1.